The van der Waals surface area contributed by atoms with E-state index in [2.05, 4.69) is 25.7 Å². The van der Waals surface area contributed by atoms with Crippen LogP contribution in [0, 0.1) is 5.82 Å². The zero-order valence-corrected chi connectivity index (χ0v) is 12.5. The zero-order chi connectivity index (χ0) is 14.3. The van der Waals surface area contributed by atoms with Gasteiger partial charge in [0.2, 0.25) is 0 Å². The van der Waals surface area contributed by atoms with E-state index in [-0.39, 0.29) is 11.4 Å². The van der Waals surface area contributed by atoms with Crippen LogP contribution in [0.5, 0.6) is 0 Å². The van der Waals surface area contributed by atoms with Crippen molar-refractivity contribution in [2.24, 2.45) is 5.73 Å². The molecule has 0 saturated carbocycles. The monoisotopic (exact) mass is 266 g/mol. The second-order valence-corrected chi connectivity index (χ2v) is 5.40. The van der Waals surface area contributed by atoms with E-state index in [4.69, 9.17) is 5.73 Å². The van der Waals surface area contributed by atoms with Crippen molar-refractivity contribution in [3.63, 3.8) is 0 Å². The fourth-order valence-electron chi connectivity index (χ4n) is 2.52. The van der Waals surface area contributed by atoms with Crippen LogP contribution < -0.4 is 5.73 Å². The molecule has 1 atom stereocenters. The summed E-state index contributed by atoms with van der Waals surface area (Å²) in [6.45, 7) is 8.98. The highest BCUT2D eigenvalue weighted by Crippen LogP contribution is 2.22. The Hall–Kier alpha value is -0.930. The van der Waals surface area contributed by atoms with Crippen LogP contribution >= 0.6 is 0 Å². The van der Waals surface area contributed by atoms with Gasteiger partial charge in [-0.3, -0.25) is 4.90 Å². The molecule has 0 bridgehead atoms. The Balaban J connectivity index is 2.86. The summed E-state index contributed by atoms with van der Waals surface area (Å²) in [6, 6.07) is 7.00. The van der Waals surface area contributed by atoms with Gasteiger partial charge >= 0.3 is 0 Å². The van der Waals surface area contributed by atoms with Gasteiger partial charge in [-0.2, -0.15) is 0 Å². The van der Waals surface area contributed by atoms with Crippen LogP contribution in [-0.2, 0) is 6.42 Å². The summed E-state index contributed by atoms with van der Waals surface area (Å²) in [4.78, 5) is 2.38. The summed E-state index contributed by atoms with van der Waals surface area (Å²) in [6.07, 6.45) is 2.98. The number of hydrogen-bond acceptors (Lipinski definition) is 2. The van der Waals surface area contributed by atoms with Gasteiger partial charge in [0, 0.05) is 12.1 Å². The molecule has 3 heteroatoms. The normalized spacial score (nSPS) is 14.6. The average molecular weight is 266 g/mol. The number of unbranched alkanes of at least 4 members (excludes halogenated alkanes) is 1. The van der Waals surface area contributed by atoms with Crippen LogP contribution in [0.2, 0.25) is 0 Å². The minimum absolute atomic E-state index is 0.131. The topological polar surface area (TPSA) is 29.3 Å². The van der Waals surface area contributed by atoms with Gasteiger partial charge in [0.1, 0.15) is 5.82 Å². The molecule has 0 aliphatic heterocycles. The first-order valence-electron chi connectivity index (χ1n) is 7.26. The standard InChI is InChI=1S/C16H27FN2/c1-4-6-11-19(5-2)16(3,13-18)12-14-9-7-8-10-15(14)17/h7-10H,4-6,11-13,18H2,1-3H3. The molecule has 19 heavy (non-hydrogen) atoms. The lowest BCUT2D eigenvalue weighted by Crippen LogP contribution is -2.53. The third-order valence-electron chi connectivity index (χ3n) is 3.90. The van der Waals surface area contributed by atoms with Crippen molar-refractivity contribution in [1.29, 1.82) is 0 Å². The van der Waals surface area contributed by atoms with Crippen LogP contribution in [-0.4, -0.2) is 30.1 Å². The lowest BCUT2D eigenvalue weighted by atomic mass is 9.90. The Morgan fingerprint density at radius 3 is 2.47 bits per heavy atom. The fraction of sp³-hybridized carbons (Fsp3) is 0.625. The average Bonchev–Trinajstić information content (AvgIpc) is 2.42. The molecule has 2 nitrogen and oxygen atoms in total. The van der Waals surface area contributed by atoms with Gasteiger partial charge in [0.05, 0.1) is 0 Å². The van der Waals surface area contributed by atoms with Gasteiger partial charge in [0.25, 0.3) is 0 Å². The minimum atomic E-state index is -0.174. The second kappa shape index (κ2) is 7.61. The Morgan fingerprint density at radius 1 is 1.26 bits per heavy atom. The molecule has 0 aliphatic rings. The van der Waals surface area contributed by atoms with E-state index < -0.39 is 0 Å². The third-order valence-corrected chi connectivity index (χ3v) is 3.90. The van der Waals surface area contributed by atoms with Gasteiger partial charge in [-0.25, -0.2) is 4.39 Å². The molecule has 1 aromatic rings. The molecule has 1 unspecified atom stereocenters. The molecule has 0 spiro atoms. The number of nitrogens with zero attached hydrogens (tertiary/aromatic N) is 1. The van der Waals surface area contributed by atoms with E-state index >= 15 is 0 Å². The Morgan fingerprint density at radius 2 is 1.95 bits per heavy atom. The van der Waals surface area contributed by atoms with Crippen LogP contribution in [0.4, 0.5) is 4.39 Å². The summed E-state index contributed by atoms with van der Waals surface area (Å²) in [5.74, 6) is -0.131. The number of rotatable bonds is 8. The van der Waals surface area contributed by atoms with Gasteiger partial charge < -0.3 is 5.73 Å². The maximum atomic E-state index is 13.8. The molecule has 0 radical (unpaired) electrons. The molecule has 0 amide bonds. The first kappa shape index (κ1) is 16.1. The molecule has 1 rings (SSSR count). The van der Waals surface area contributed by atoms with E-state index in [0.29, 0.717) is 13.0 Å². The molecule has 0 aliphatic carbocycles. The highest BCUT2D eigenvalue weighted by molar-refractivity contribution is 5.20. The summed E-state index contributed by atoms with van der Waals surface area (Å²) in [7, 11) is 0. The van der Waals surface area contributed by atoms with Crippen molar-refractivity contribution in [1.82, 2.24) is 4.90 Å². The van der Waals surface area contributed by atoms with Crippen molar-refractivity contribution in [3.05, 3.63) is 35.6 Å². The Labute approximate surface area is 116 Å². The summed E-state index contributed by atoms with van der Waals surface area (Å²) in [5, 5.41) is 0. The summed E-state index contributed by atoms with van der Waals surface area (Å²) >= 11 is 0. The first-order valence-corrected chi connectivity index (χ1v) is 7.26. The molecule has 0 saturated heterocycles. The van der Waals surface area contributed by atoms with Gasteiger partial charge in [-0.05, 0) is 44.5 Å². The maximum absolute atomic E-state index is 13.8. The maximum Gasteiger partial charge on any atom is 0.126 e. The summed E-state index contributed by atoms with van der Waals surface area (Å²) in [5.41, 5.74) is 6.57. The molecular weight excluding hydrogens is 239 g/mol. The predicted octanol–water partition coefficient (Wildman–Crippen LogP) is 3.21. The van der Waals surface area contributed by atoms with Crippen molar-refractivity contribution < 1.29 is 4.39 Å². The van der Waals surface area contributed by atoms with Crippen molar-refractivity contribution in [2.45, 2.75) is 45.6 Å². The number of benzene rings is 1. The molecular formula is C16H27FN2. The summed E-state index contributed by atoms with van der Waals surface area (Å²) < 4.78 is 13.8. The number of halogens is 1. The lowest BCUT2D eigenvalue weighted by molar-refractivity contribution is 0.114. The van der Waals surface area contributed by atoms with Gasteiger partial charge in [0.15, 0.2) is 0 Å². The van der Waals surface area contributed by atoms with Crippen molar-refractivity contribution >= 4 is 0 Å². The molecule has 2 N–H and O–H groups in total. The largest absolute Gasteiger partial charge is 0.329 e. The van der Waals surface area contributed by atoms with E-state index in [9.17, 15) is 4.39 Å². The zero-order valence-electron chi connectivity index (χ0n) is 12.5. The molecule has 1 aromatic carbocycles. The van der Waals surface area contributed by atoms with Crippen molar-refractivity contribution in [3.8, 4) is 0 Å². The van der Waals surface area contributed by atoms with Gasteiger partial charge in [-0.15, -0.1) is 0 Å². The minimum Gasteiger partial charge on any atom is -0.329 e. The van der Waals surface area contributed by atoms with Crippen LogP contribution in [0.25, 0.3) is 0 Å². The Kier molecular flexibility index (Phi) is 6.46. The van der Waals surface area contributed by atoms with Crippen LogP contribution in [0.3, 0.4) is 0 Å². The number of likely N-dealkylation sites (N-methyl/N-ethyl adjacent to an activating group) is 1. The smallest absolute Gasteiger partial charge is 0.126 e. The van der Waals surface area contributed by atoms with E-state index in [1.165, 1.54) is 6.07 Å². The van der Waals surface area contributed by atoms with E-state index in [1.807, 2.05) is 12.1 Å². The molecule has 108 valence electrons. The van der Waals surface area contributed by atoms with E-state index in [1.54, 1.807) is 6.07 Å². The SMILES string of the molecule is CCCCN(CC)C(C)(CN)Cc1ccccc1F. The quantitative estimate of drug-likeness (QED) is 0.783. The van der Waals surface area contributed by atoms with Crippen LogP contribution in [0.15, 0.2) is 24.3 Å². The number of hydrogen-bond donors (Lipinski definition) is 1. The first-order chi connectivity index (χ1) is 9.07. The predicted molar refractivity (Wildman–Crippen MR) is 79.7 cm³/mol. The Bertz CT molecular complexity index is 381. The highest BCUT2D eigenvalue weighted by Gasteiger charge is 2.30. The third kappa shape index (κ3) is 4.29. The molecule has 0 fully saturated rings. The number of nitrogens with two attached hydrogens (primary N) is 1. The van der Waals surface area contributed by atoms with E-state index in [0.717, 1.165) is 31.5 Å². The van der Waals surface area contributed by atoms with Gasteiger partial charge in [-0.1, -0.05) is 38.5 Å². The lowest BCUT2D eigenvalue weighted by Gasteiger charge is -2.40. The highest BCUT2D eigenvalue weighted by atomic mass is 19.1. The van der Waals surface area contributed by atoms with Crippen LogP contribution in [0.1, 0.15) is 39.2 Å². The molecule has 0 aromatic heterocycles. The fourth-order valence-corrected chi connectivity index (χ4v) is 2.52. The molecule has 0 heterocycles. The second-order valence-electron chi connectivity index (χ2n) is 5.40. The van der Waals surface area contributed by atoms with Crippen molar-refractivity contribution in [2.75, 3.05) is 19.6 Å².